The number of hydrogen-bond acceptors (Lipinski definition) is 1. The highest BCUT2D eigenvalue weighted by molar-refractivity contribution is 5.66. The van der Waals surface area contributed by atoms with Crippen molar-refractivity contribution in [2.75, 3.05) is 0 Å². The molecule has 0 aromatic carbocycles. The van der Waals surface area contributed by atoms with Crippen molar-refractivity contribution in [1.29, 1.82) is 0 Å². The zero-order valence-electron chi connectivity index (χ0n) is 14.2. The van der Waals surface area contributed by atoms with Crippen LogP contribution in [0.3, 0.4) is 0 Å². The zero-order chi connectivity index (χ0) is 15.7. The van der Waals surface area contributed by atoms with Gasteiger partial charge in [-0.2, -0.15) is 0 Å². The molecule has 0 aromatic rings. The van der Waals surface area contributed by atoms with Crippen molar-refractivity contribution < 1.29 is 9.90 Å². The van der Waals surface area contributed by atoms with Crippen molar-refractivity contribution in [3.8, 4) is 0 Å². The summed E-state index contributed by atoms with van der Waals surface area (Å²) in [6.07, 6.45) is 11.1. The molecular formula is C19H32O2. The number of hydrogen-bond donors (Lipinski definition) is 1. The van der Waals surface area contributed by atoms with E-state index in [0.717, 1.165) is 18.8 Å². The summed E-state index contributed by atoms with van der Waals surface area (Å²) >= 11 is 0. The van der Waals surface area contributed by atoms with Crippen LogP contribution in [0.1, 0.15) is 79.1 Å². The Bertz CT molecular complexity index is 421. The predicted molar refractivity (Wildman–Crippen MR) is 87.2 cm³/mol. The van der Waals surface area contributed by atoms with Crippen LogP contribution in [0, 0.1) is 22.7 Å². The third kappa shape index (κ3) is 3.35. The highest BCUT2D eigenvalue weighted by Gasteiger charge is 2.51. The van der Waals surface area contributed by atoms with E-state index in [4.69, 9.17) is 5.11 Å². The highest BCUT2D eigenvalue weighted by atomic mass is 16.4. The van der Waals surface area contributed by atoms with Crippen molar-refractivity contribution in [3.05, 3.63) is 11.6 Å². The van der Waals surface area contributed by atoms with Crippen molar-refractivity contribution in [2.24, 2.45) is 22.7 Å². The molecule has 1 saturated carbocycles. The van der Waals surface area contributed by atoms with Gasteiger partial charge in [0, 0.05) is 6.42 Å². The maximum absolute atomic E-state index is 10.7. The van der Waals surface area contributed by atoms with Crippen molar-refractivity contribution in [3.63, 3.8) is 0 Å². The molecule has 2 nitrogen and oxygen atoms in total. The first-order valence-electron chi connectivity index (χ1n) is 8.66. The van der Waals surface area contributed by atoms with E-state index < -0.39 is 5.97 Å². The van der Waals surface area contributed by atoms with Gasteiger partial charge in [0.15, 0.2) is 0 Å². The summed E-state index contributed by atoms with van der Waals surface area (Å²) in [5.74, 6) is 0.783. The number of rotatable bonds is 5. The predicted octanol–water partition coefficient (Wildman–Crippen LogP) is 5.43. The van der Waals surface area contributed by atoms with Crippen molar-refractivity contribution in [1.82, 2.24) is 0 Å². The molecule has 0 bridgehead atoms. The molecule has 1 N–H and O–H groups in total. The Morgan fingerprint density at radius 3 is 2.67 bits per heavy atom. The molecule has 0 saturated heterocycles. The number of carboxylic acid groups (broad SMARTS) is 1. The first-order valence-corrected chi connectivity index (χ1v) is 8.66. The van der Waals surface area contributed by atoms with E-state index in [0.29, 0.717) is 23.2 Å². The van der Waals surface area contributed by atoms with Gasteiger partial charge in [-0.15, -0.1) is 0 Å². The van der Waals surface area contributed by atoms with E-state index in [1.165, 1.54) is 32.1 Å². The van der Waals surface area contributed by atoms with Gasteiger partial charge in [-0.3, -0.25) is 4.79 Å². The molecule has 0 amide bonds. The molecule has 1 fully saturated rings. The fraction of sp³-hybridized carbons (Fsp3) is 0.842. The van der Waals surface area contributed by atoms with Gasteiger partial charge in [-0.25, -0.2) is 0 Å². The summed E-state index contributed by atoms with van der Waals surface area (Å²) in [5.41, 5.74) is 2.43. The van der Waals surface area contributed by atoms with Crippen LogP contribution in [-0.2, 0) is 4.79 Å². The Kier molecular flexibility index (Phi) is 4.85. The average Bonchev–Trinajstić information content (AvgIpc) is 2.35. The lowest BCUT2D eigenvalue weighted by molar-refractivity contribution is -0.137. The SMILES string of the molecule is CC1=CC[C@H]2C(C)(C)CCC[C@]2(C)[C@H]1CCCCC(=O)O. The van der Waals surface area contributed by atoms with Gasteiger partial charge in [0.2, 0.25) is 0 Å². The van der Waals surface area contributed by atoms with Gasteiger partial charge in [0.1, 0.15) is 0 Å². The molecule has 0 radical (unpaired) electrons. The first-order chi connectivity index (χ1) is 9.77. The molecule has 2 aliphatic rings. The van der Waals surface area contributed by atoms with Crippen LogP contribution in [0.2, 0.25) is 0 Å². The van der Waals surface area contributed by atoms with Gasteiger partial charge in [0.05, 0.1) is 0 Å². The van der Waals surface area contributed by atoms with Crippen molar-refractivity contribution in [2.45, 2.75) is 79.1 Å². The fourth-order valence-electron chi connectivity index (χ4n) is 5.32. The Hall–Kier alpha value is -0.790. The Balaban J connectivity index is 2.09. The largest absolute Gasteiger partial charge is 0.481 e. The lowest BCUT2D eigenvalue weighted by atomic mass is 9.48. The lowest BCUT2D eigenvalue weighted by Crippen LogP contribution is -2.48. The van der Waals surface area contributed by atoms with Gasteiger partial charge in [-0.1, -0.05) is 45.3 Å². The maximum atomic E-state index is 10.7. The molecule has 2 heteroatoms. The van der Waals surface area contributed by atoms with Crippen LogP contribution in [0.5, 0.6) is 0 Å². The summed E-state index contributed by atoms with van der Waals surface area (Å²) < 4.78 is 0. The molecular weight excluding hydrogens is 260 g/mol. The second kappa shape index (κ2) is 6.14. The molecule has 0 spiro atoms. The second-order valence-corrected chi connectivity index (χ2v) is 8.28. The summed E-state index contributed by atoms with van der Waals surface area (Å²) in [7, 11) is 0. The normalized spacial score (nSPS) is 35.0. The molecule has 0 unspecified atom stereocenters. The average molecular weight is 292 g/mol. The van der Waals surface area contributed by atoms with Gasteiger partial charge >= 0.3 is 5.97 Å². The highest BCUT2D eigenvalue weighted by Crippen LogP contribution is 2.60. The second-order valence-electron chi connectivity index (χ2n) is 8.28. The minimum absolute atomic E-state index is 0.321. The molecule has 3 atom stereocenters. The van der Waals surface area contributed by atoms with E-state index >= 15 is 0 Å². The summed E-state index contributed by atoms with van der Waals surface area (Å²) in [5, 5.41) is 8.80. The molecule has 120 valence electrons. The Labute approximate surface area is 130 Å². The van der Waals surface area contributed by atoms with E-state index in [1.807, 2.05) is 0 Å². The van der Waals surface area contributed by atoms with E-state index in [1.54, 1.807) is 5.57 Å². The van der Waals surface area contributed by atoms with Crippen LogP contribution in [0.15, 0.2) is 11.6 Å². The lowest BCUT2D eigenvalue weighted by Gasteiger charge is -2.57. The molecule has 2 aliphatic carbocycles. The molecule has 21 heavy (non-hydrogen) atoms. The summed E-state index contributed by atoms with van der Waals surface area (Å²) in [6.45, 7) is 9.71. The van der Waals surface area contributed by atoms with E-state index in [-0.39, 0.29) is 0 Å². The maximum Gasteiger partial charge on any atom is 0.303 e. The third-order valence-corrected chi connectivity index (χ3v) is 6.43. The van der Waals surface area contributed by atoms with Gasteiger partial charge in [-0.05, 0) is 61.7 Å². The van der Waals surface area contributed by atoms with Gasteiger partial charge < -0.3 is 5.11 Å². The Morgan fingerprint density at radius 2 is 2.00 bits per heavy atom. The smallest absolute Gasteiger partial charge is 0.303 e. The van der Waals surface area contributed by atoms with Crippen LogP contribution in [-0.4, -0.2) is 11.1 Å². The van der Waals surface area contributed by atoms with E-state index in [2.05, 4.69) is 33.8 Å². The van der Waals surface area contributed by atoms with Crippen LogP contribution in [0.4, 0.5) is 0 Å². The zero-order valence-corrected chi connectivity index (χ0v) is 14.2. The molecule has 0 aliphatic heterocycles. The standard InChI is InChI=1S/C19H32O2/c1-14-10-11-16-18(2,3)12-7-13-19(16,4)15(14)8-5-6-9-17(20)21/h10,15-16H,5-9,11-13H2,1-4H3,(H,20,21)/t15-,16-,19+/m0/s1. The Morgan fingerprint density at radius 1 is 1.29 bits per heavy atom. The number of carboxylic acids is 1. The van der Waals surface area contributed by atoms with Crippen LogP contribution < -0.4 is 0 Å². The quantitative estimate of drug-likeness (QED) is 0.542. The fourth-order valence-corrected chi connectivity index (χ4v) is 5.32. The number of allylic oxidation sites excluding steroid dienone is 2. The first kappa shape index (κ1) is 16.6. The third-order valence-electron chi connectivity index (χ3n) is 6.43. The monoisotopic (exact) mass is 292 g/mol. The number of unbranched alkanes of at least 4 members (excludes halogenated alkanes) is 1. The molecule has 0 aromatic heterocycles. The van der Waals surface area contributed by atoms with Crippen molar-refractivity contribution >= 4 is 5.97 Å². The number of aliphatic carboxylic acids is 1. The number of fused-ring (bicyclic) bond motifs is 1. The van der Waals surface area contributed by atoms with Crippen LogP contribution >= 0.6 is 0 Å². The van der Waals surface area contributed by atoms with Crippen LogP contribution in [0.25, 0.3) is 0 Å². The molecule has 0 heterocycles. The summed E-state index contributed by atoms with van der Waals surface area (Å²) in [4.78, 5) is 10.7. The van der Waals surface area contributed by atoms with E-state index in [9.17, 15) is 4.79 Å². The number of carbonyl (C=O) groups is 1. The van der Waals surface area contributed by atoms with Gasteiger partial charge in [0.25, 0.3) is 0 Å². The minimum atomic E-state index is -0.659. The topological polar surface area (TPSA) is 37.3 Å². The minimum Gasteiger partial charge on any atom is -0.481 e. The molecule has 2 rings (SSSR count). The summed E-state index contributed by atoms with van der Waals surface area (Å²) in [6, 6.07) is 0.